The summed E-state index contributed by atoms with van der Waals surface area (Å²) in [5.74, 6) is 0. The molecule has 2 N–H and O–H groups in total. The number of furan rings is 2. The van der Waals surface area contributed by atoms with Crippen molar-refractivity contribution in [1.29, 1.82) is 0 Å². The minimum Gasteiger partial charge on any atom is -0.457 e. The Morgan fingerprint density at radius 3 is 2.19 bits per heavy atom. The Balaban J connectivity index is 0.000000156. The van der Waals surface area contributed by atoms with Crippen molar-refractivity contribution in [3.8, 4) is 10.6 Å². The van der Waals surface area contributed by atoms with Crippen LogP contribution >= 0.6 is 11.3 Å². The molecule has 5 heteroatoms. The van der Waals surface area contributed by atoms with E-state index in [2.05, 4.69) is 15.3 Å². The van der Waals surface area contributed by atoms with Crippen LogP contribution in [0.3, 0.4) is 0 Å². The van der Waals surface area contributed by atoms with Crippen molar-refractivity contribution < 1.29 is 4.42 Å². The average molecular weight is 297 g/mol. The number of nitrogens with two attached hydrogens (primary N) is 1. The summed E-state index contributed by atoms with van der Waals surface area (Å²) in [6.07, 6.45) is 4.40. The van der Waals surface area contributed by atoms with E-state index in [4.69, 9.17) is 10.2 Å². The summed E-state index contributed by atoms with van der Waals surface area (Å²) in [6, 6.07) is 11.7. The van der Waals surface area contributed by atoms with Crippen molar-refractivity contribution in [2.45, 2.75) is 6.42 Å². The van der Waals surface area contributed by atoms with Gasteiger partial charge in [0.25, 0.3) is 0 Å². The van der Waals surface area contributed by atoms with E-state index in [1.807, 2.05) is 36.4 Å². The lowest BCUT2D eigenvalue weighted by atomic mass is 10.3. The second-order valence-electron chi connectivity index (χ2n) is 4.49. The van der Waals surface area contributed by atoms with Gasteiger partial charge in [-0.05, 0) is 42.9 Å². The molecule has 0 amide bonds. The molecule has 0 unspecified atom stereocenters. The number of hydrogen-bond acceptors (Lipinski definition) is 5. The molecule has 4 nitrogen and oxygen atoms in total. The number of nitrogens with zero attached hydrogens (tertiary/aromatic N) is 2. The number of pyridine rings is 1. The molecule has 0 aliphatic carbocycles. The molecule has 0 aliphatic rings. The maximum Gasteiger partial charge on any atom is 0.127 e. The van der Waals surface area contributed by atoms with Gasteiger partial charge in [0, 0.05) is 29.8 Å². The van der Waals surface area contributed by atoms with Gasteiger partial charge in [-0.25, -0.2) is 4.98 Å². The summed E-state index contributed by atoms with van der Waals surface area (Å²) in [4.78, 5) is 8.45. The van der Waals surface area contributed by atoms with Gasteiger partial charge in [-0.1, -0.05) is 0 Å². The third kappa shape index (κ3) is 3.45. The maximum absolute atomic E-state index is 5.46. The first kappa shape index (κ1) is 13.7. The molecule has 106 valence electrons. The van der Waals surface area contributed by atoms with Gasteiger partial charge in [0.05, 0.1) is 5.69 Å². The Morgan fingerprint density at radius 2 is 1.67 bits per heavy atom. The fourth-order valence-corrected chi connectivity index (χ4v) is 2.77. The summed E-state index contributed by atoms with van der Waals surface area (Å²) < 4.78 is 5.08. The molecule has 4 aromatic rings. The average Bonchev–Trinajstić information content (AvgIpc) is 3.27. The summed E-state index contributed by atoms with van der Waals surface area (Å²) in [6.45, 7) is 0.652. The number of hydrogen-bond donors (Lipinski definition) is 1. The minimum absolute atomic E-state index is 0.652. The highest BCUT2D eigenvalue weighted by Gasteiger charge is 2.02. The van der Waals surface area contributed by atoms with Crippen LogP contribution in [0.4, 0.5) is 0 Å². The van der Waals surface area contributed by atoms with E-state index in [9.17, 15) is 0 Å². The molecule has 0 aromatic carbocycles. The predicted molar refractivity (Wildman–Crippen MR) is 85.5 cm³/mol. The van der Waals surface area contributed by atoms with E-state index in [-0.39, 0.29) is 0 Å². The Hall–Kier alpha value is -2.24. The van der Waals surface area contributed by atoms with Gasteiger partial charge in [0.1, 0.15) is 16.2 Å². The van der Waals surface area contributed by atoms with Gasteiger partial charge in [0.2, 0.25) is 0 Å². The Kier molecular flexibility index (Phi) is 4.23. The first-order valence-corrected chi connectivity index (χ1v) is 7.56. The van der Waals surface area contributed by atoms with Gasteiger partial charge < -0.3 is 10.2 Å². The number of thiazole rings is 1. The molecule has 4 aromatic heterocycles. The SMILES string of the molecule is NCCc1csc(-c2ccncc2)n1.c1cc2ccc1o2. The zero-order chi connectivity index (χ0) is 14.5. The van der Waals surface area contributed by atoms with Crippen molar-refractivity contribution in [3.63, 3.8) is 0 Å². The zero-order valence-electron chi connectivity index (χ0n) is 11.4. The van der Waals surface area contributed by atoms with Crippen LogP contribution in [0.2, 0.25) is 0 Å². The molecule has 4 heterocycles. The Labute approximate surface area is 126 Å². The third-order valence-electron chi connectivity index (χ3n) is 2.94. The highest BCUT2D eigenvalue weighted by molar-refractivity contribution is 7.13. The first-order chi connectivity index (χ1) is 10.3. The van der Waals surface area contributed by atoms with Crippen molar-refractivity contribution in [2.24, 2.45) is 5.73 Å². The third-order valence-corrected chi connectivity index (χ3v) is 3.88. The Bertz CT molecular complexity index is 733. The van der Waals surface area contributed by atoms with E-state index in [0.29, 0.717) is 6.54 Å². The molecule has 0 fully saturated rings. The van der Waals surface area contributed by atoms with Gasteiger partial charge in [0.15, 0.2) is 0 Å². The molecular formula is C16H15N3OS. The number of aromatic nitrogens is 2. The topological polar surface area (TPSA) is 64.9 Å². The minimum atomic E-state index is 0.652. The molecule has 0 saturated carbocycles. The van der Waals surface area contributed by atoms with Gasteiger partial charge in [-0.15, -0.1) is 11.3 Å². The van der Waals surface area contributed by atoms with Crippen LogP contribution in [-0.4, -0.2) is 16.5 Å². The van der Waals surface area contributed by atoms with Crippen molar-refractivity contribution >= 4 is 22.5 Å². The van der Waals surface area contributed by atoms with Crippen LogP contribution in [0.1, 0.15) is 5.69 Å². The Morgan fingerprint density at radius 1 is 1.00 bits per heavy atom. The fourth-order valence-electron chi connectivity index (χ4n) is 1.91. The van der Waals surface area contributed by atoms with Crippen LogP contribution in [0.25, 0.3) is 21.7 Å². The van der Waals surface area contributed by atoms with E-state index in [1.165, 1.54) is 0 Å². The lowest BCUT2D eigenvalue weighted by molar-refractivity contribution is 0.675. The van der Waals surface area contributed by atoms with E-state index < -0.39 is 0 Å². The molecule has 0 radical (unpaired) electrons. The molecule has 21 heavy (non-hydrogen) atoms. The lowest BCUT2D eigenvalue weighted by Gasteiger charge is -1.93. The zero-order valence-corrected chi connectivity index (χ0v) is 12.2. The summed E-state index contributed by atoms with van der Waals surface area (Å²) in [5, 5.41) is 3.10. The fraction of sp³-hybridized carbons (Fsp3) is 0.125. The molecule has 0 aliphatic heterocycles. The first-order valence-electron chi connectivity index (χ1n) is 6.68. The molecule has 0 spiro atoms. The van der Waals surface area contributed by atoms with E-state index >= 15 is 0 Å². The van der Waals surface area contributed by atoms with Crippen LogP contribution in [0.15, 0.2) is 58.6 Å². The summed E-state index contributed by atoms with van der Waals surface area (Å²) in [5.41, 5.74) is 9.59. The van der Waals surface area contributed by atoms with Gasteiger partial charge in [-0.3, -0.25) is 4.98 Å². The van der Waals surface area contributed by atoms with Gasteiger partial charge in [-0.2, -0.15) is 0 Å². The highest BCUT2D eigenvalue weighted by Crippen LogP contribution is 2.22. The van der Waals surface area contributed by atoms with E-state index in [0.717, 1.165) is 33.9 Å². The smallest absolute Gasteiger partial charge is 0.127 e. The molecule has 0 atom stereocenters. The molecule has 4 rings (SSSR count). The lowest BCUT2D eigenvalue weighted by Crippen LogP contribution is -2.02. The number of fused-ring (bicyclic) bond motifs is 2. The molecule has 2 bridgehead atoms. The second-order valence-corrected chi connectivity index (χ2v) is 5.35. The predicted octanol–water partition coefficient (Wildman–Crippen LogP) is 3.58. The van der Waals surface area contributed by atoms with Crippen LogP contribution < -0.4 is 5.73 Å². The normalized spacial score (nSPS) is 10.5. The largest absolute Gasteiger partial charge is 0.457 e. The summed E-state index contributed by atoms with van der Waals surface area (Å²) >= 11 is 1.65. The van der Waals surface area contributed by atoms with Crippen LogP contribution in [-0.2, 0) is 6.42 Å². The molecule has 0 saturated heterocycles. The van der Waals surface area contributed by atoms with Gasteiger partial charge >= 0.3 is 0 Å². The highest BCUT2D eigenvalue weighted by atomic mass is 32.1. The van der Waals surface area contributed by atoms with Crippen molar-refractivity contribution in [2.75, 3.05) is 6.54 Å². The monoisotopic (exact) mass is 297 g/mol. The van der Waals surface area contributed by atoms with Crippen molar-refractivity contribution in [3.05, 3.63) is 59.9 Å². The van der Waals surface area contributed by atoms with Crippen molar-refractivity contribution in [1.82, 2.24) is 9.97 Å². The quantitative estimate of drug-likeness (QED) is 0.628. The maximum atomic E-state index is 5.46. The second kappa shape index (κ2) is 6.47. The van der Waals surface area contributed by atoms with Crippen LogP contribution in [0.5, 0.6) is 0 Å². The number of benzene rings is 1. The van der Waals surface area contributed by atoms with Crippen LogP contribution in [0, 0.1) is 0 Å². The standard InChI is InChI=1S/C10H11N3S.C6H4O/c11-4-1-9-7-14-10(13-9)8-2-5-12-6-3-8;1-2-6-4-3-5(1)7-6/h2-3,5-7H,1,4,11H2;1-4H. The van der Waals surface area contributed by atoms with E-state index in [1.54, 1.807) is 23.7 Å². The molecular weight excluding hydrogens is 282 g/mol. The summed E-state index contributed by atoms with van der Waals surface area (Å²) in [7, 11) is 0. The number of rotatable bonds is 3.